The Kier molecular flexibility index (Phi) is 3.79. The highest BCUT2D eigenvalue weighted by molar-refractivity contribution is 7.80. The van der Waals surface area contributed by atoms with Crippen LogP contribution in [0.5, 0.6) is 0 Å². The maximum atomic E-state index is 5.70. The molecule has 0 aliphatic carbocycles. The van der Waals surface area contributed by atoms with Gasteiger partial charge in [0.15, 0.2) is 0 Å². The molecule has 3 rings (SSSR count). The van der Waals surface area contributed by atoms with Crippen molar-refractivity contribution in [3.05, 3.63) is 72.1 Å². The average Bonchev–Trinajstić information content (AvgIpc) is 2.53. The number of aromatic nitrogens is 1. The molecule has 3 N–H and O–H groups in total. The van der Waals surface area contributed by atoms with Crippen LogP contribution in [0, 0.1) is 0 Å². The predicted octanol–water partition coefficient (Wildman–Crippen LogP) is 3.48. The van der Waals surface area contributed by atoms with Crippen molar-refractivity contribution in [3.8, 4) is 0 Å². The van der Waals surface area contributed by atoms with E-state index >= 15 is 0 Å². The molecule has 4 heteroatoms. The number of hydrogen-bond donors (Lipinski definition) is 2. The van der Waals surface area contributed by atoms with Crippen molar-refractivity contribution in [2.45, 2.75) is 6.54 Å². The number of pyridine rings is 1. The first-order valence-corrected chi connectivity index (χ1v) is 7.12. The maximum absolute atomic E-state index is 5.70. The molecule has 0 aliphatic heterocycles. The van der Waals surface area contributed by atoms with Gasteiger partial charge in [-0.1, -0.05) is 54.7 Å². The van der Waals surface area contributed by atoms with Crippen LogP contribution in [0.15, 0.2) is 60.8 Å². The summed E-state index contributed by atoms with van der Waals surface area (Å²) in [6, 6.07) is 18.4. The van der Waals surface area contributed by atoms with Gasteiger partial charge in [-0.05, 0) is 28.5 Å². The summed E-state index contributed by atoms with van der Waals surface area (Å²) >= 11 is 5.03. The van der Waals surface area contributed by atoms with Gasteiger partial charge in [0.05, 0.1) is 5.69 Å². The van der Waals surface area contributed by atoms with Crippen molar-refractivity contribution >= 4 is 33.7 Å². The van der Waals surface area contributed by atoms with Gasteiger partial charge in [-0.25, -0.2) is 0 Å². The summed E-state index contributed by atoms with van der Waals surface area (Å²) < 4.78 is 0. The first-order chi connectivity index (χ1) is 10.3. The Hall–Kier alpha value is -2.46. The lowest BCUT2D eigenvalue weighted by atomic mass is 10.0. The van der Waals surface area contributed by atoms with Crippen LogP contribution >= 0.6 is 12.2 Å². The summed E-state index contributed by atoms with van der Waals surface area (Å²) in [5.41, 5.74) is 8.42. The summed E-state index contributed by atoms with van der Waals surface area (Å²) in [4.78, 5) is 4.53. The smallest absolute Gasteiger partial charge is 0.124 e. The number of benzene rings is 2. The Morgan fingerprint density at radius 3 is 2.71 bits per heavy atom. The molecule has 2 aromatic carbocycles. The molecule has 0 amide bonds. The molecule has 0 saturated heterocycles. The number of nitrogens with one attached hydrogen (secondary N) is 1. The highest BCUT2D eigenvalue weighted by Crippen LogP contribution is 2.20. The highest BCUT2D eigenvalue weighted by Gasteiger charge is 2.06. The molecule has 21 heavy (non-hydrogen) atoms. The van der Waals surface area contributed by atoms with E-state index < -0.39 is 0 Å². The summed E-state index contributed by atoms with van der Waals surface area (Å²) in [6.07, 6.45) is 1.69. The molecule has 1 aromatic heterocycles. The zero-order chi connectivity index (χ0) is 14.7. The van der Waals surface area contributed by atoms with Crippen LogP contribution in [0.4, 0.5) is 5.69 Å². The van der Waals surface area contributed by atoms with E-state index in [0.717, 1.165) is 5.69 Å². The Labute approximate surface area is 128 Å². The van der Waals surface area contributed by atoms with Gasteiger partial charge in [-0.3, -0.25) is 4.98 Å². The lowest BCUT2D eigenvalue weighted by Crippen LogP contribution is -2.15. The third-order valence-electron chi connectivity index (χ3n) is 3.39. The zero-order valence-electron chi connectivity index (χ0n) is 11.4. The second-order valence-corrected chi connectivity index (χ2v) is 5.20. The number of anilines is 1. The monoisotopic (exact) mass is 293 g/mol. The predicted molar refractivity (Wildman–Crippen MR) is 91.4 cm³/mol. The first-order valence-electron chi connectivity index (χ1n) is 6.71. The Morgan fingerprint density at radius 2 is 1.86 bits per heavy atom. The van der Waals surface area contributed by atoms with Gasteiger partial charge in [0.1, 0.15) is 10.7 Å². The second kappa shape index (κ2) is 5.89. The van der Waals surface area contributed by atoms with Crippen molar-refractivity contribution in [1.29, 1.82) is 0 Å². The van der Waals surface area contributed by atoms with Crippen molar-refractivity contribution in [3.63, 3.8) is 0 Å². The molecule has 104 valence electrons. The van der Waals surface area contributed by atoms with Crippen LogP contribution in [0.3, 0.4) is 0 Å². The Balaban J connectivity index is 1.89. The fourth-order valence-corrected chi connectivity index (χ4v) is 2.54. The molecule has 0 spiro atoms. The van der Waals surface area contributed by atoms with E-state index in [2.05, 4.69) is 46.7 Å². The van der Waals surface area contributed by atoms with Crippen molar-refractivity contribution in [2.24, 2.45) is 5.73 Å². The Morgan fingerprint density at radius 1 is 1.05 bits per heavy atom. The van der Waals surface area contributed by atoms with Crippen LogP contribution in [0.1, 0.15) is 11.3 Å². The minimum absolute atomic E-state index is 0.302. The second-order valence-electron chi connectivity index (χ2n) is 4.76. The number of fused-ring (bicyclic) bond motifs is 1. The third-order valence-corrected chi connectivity index (χ3v) is 3.58. The first kappa shape index (κ1) is 13.5. The number of nitrogens with zero attached hydrogens (tertiary/aromatic N) is 1. The molecule has 1 heterocycles. The minimum atomic E-state index is 0.302. The number of thiocarbonyl (C=S) groups is 1. The summed E-state index contributed by atoms with van der Waals surface area (Å²) in [6.45, 7) is 0.697. The van der Waals surface area contributed by atoms with E-state index in [1.165, 1.54) is 16.3 Å². The molecule has 0 bridgehead atoms. The topological polar surface area (TPSA) is 50.9 Å². The lowest BCUT2D eigenvalue weighted by Gasteiger charge is -2.12. The number of hydrogen-bond acceptors (Lipinski definition) is 3. The lowest BCUT2D eigenvalue weighted by molar-refractivity contribution is 1.15. The number of rotatable bonds is 4. The van der Waals surface area contributed by atoms with Gasteiger partial charge >= 0.3 is 0 Å². The van der Waals surface area contributed by atoms with Gasteiger partial charge < -0.3 is 11.1 Å². The van der Waals surface area contributed by atoms with Gasteiger partial charge in [0, 0.05) is 12.7 Å². The molecule has 3 aromatic rings. The summed E-state index contributed by atoms with van der Waals surface area (Å²) in [5, 5.41) is 5.85. The molecule has 0 radical (unpaired) electrons. The fourth-order valence-electron chi connectivity index (χ4n) is 2.38. The van der Waals surface area contributed by atoms with Crippen LogP contribution in [-0.4, -0.2) is 9.97 Å². The molecule has 0 fully saturated rings. The zero-order valence-corrected chi connectivity index (χ0v) is 12.2. The molecule has 0 atom stereocenters. The molecule has 0 unspecified atom stereocenters. The van der Waals surface area contributed by atoms with Crippen molar-refractivity contribution in [2.75, 3.05) is 5.32 Å². The van der Waals surface area contributed by atoms with Crippen LogP contribution in [-0.2, 0) is 6.54 Å². The highest BCUT2D eigenvalue weighted by atomic mass is 32.1. The van der Waals surface area contributed by atoms with E-state index in [1.54, 1.807) is 6.20 Å². The van der Waals surface area contributed by atoms with Gasteiger partial charge in [-0.15, -0.1) is 0 Å². The fraction of sp³-hybridized carbons (Fsp3) is 0.0588. The standard InChI is InChI=1S/C17H15N3S/c18-17(21)16-15(9-4-10-19-16)20-11-13-7-3-6-12-5-1-2-8-14(12)13/h1-10,20H,11H2,(H2,18,21). The molecule has 0 saturated carbocycles. The van der Waals surface area contributed by atoms with Crippen molar-refractivity contribution in [1.82, 2.24) is 4.98 Å². The molecular formula is C17H15N3S. The van der Waals surface area contributed by atoms with Crippen molar-refractivity contribution < 1.29 is 0 Å². The summed E-state index contributed by atoms with van der Waals surface area (Å²) in [5.74, 6) is 0. The molecular weight excluding hydrogens is 278 g/mol. The van der Waals surface area contributed by atoms with Crippen LogP contribution in [0.2, 0.25) is 0 Å². The van der Waals surface area contributed by atoms with E-state index in [9.17, 15) is 0 Å². The van der Waals surface area contributed by atoms with Crippen LogP contribution in [0.25, 0.3) is 10.8 Å². The quantitative estimate of drug-likeness (QED) is 0.723. The minimum Gasteiger partial charge on any atom is -0.388 e. The summed E-state index contributed by atoms with van der Waals surface area (Å²) in [7, 11) is 0. The average molecular weight is 293 g/mol. The molecule has 3 nitrogen and oxygen atoms in total. The van der Waals surface area contributed by atoms with E-state index in [0.29, 0.717) is 17.2 Å². The SMILES string of the molecule is NC(=S)c1ncccc1NCc1cccc2ccccc12. The molecule has 0 aliphatic rings. The van der Waals surface area contributed by atoms with E-state index in [4.69, 9.17) is 18.0 Å². The van der Waals surface area contributed by atoms with Gasteiger partial charge in [-0.2, -0.15) is 0 Å². The number of nitrogens with two attached hydrogens (primary N) is 1. The Bertz CT molecular complexity index is 793. The maximum Gasteiger partial charge on any atom is 0.124 e. The normalized spacial score (nSPS) is 10.5. The van der Waals surface area contributed by atoms with E-state index in [1.807, 2.05) is 18.2 Å². The van der Waals surface area contributed by atoms with Gasteiger partial charge in [0.2, 0.25) is 0 Å². The third kappa shape index (κ3) is 2.85. The van der Waals surface area contributed by atoms with Gasteiger partial charge in [0.25, 0.3) is 0 Å². The largest absolute Gasteiger partial charge is 0.388 e. The van der Waals surface area contributed by atoms with E-state index in [-0.39, 0.29) is 0 Å². The van der Waals surface area contributed by atoms with Crippen LogP contribution < -0.4 is 11.1 Å².